The van der Waals surface area contributed by atoms with Crippen molar-refractivity contribution in [3.8, 4) is 0 Å². The van der Waals surface area contributed by atoms with Crippen LogP contribution < -0.4 is 4.90 Å². The number of piperidine rings is 1. The van der Waals surface area contributed by atoms with Crippen LogP contribution in [0, 0.1) is 0 Å². The predicted octanol–water partition coefficient (Wildman–Crippen LogP) is 4.06. The molecule has 4 nitrogen and oxygen atoms in total. The number of hydrogen-bond donors (Lipinski definition) is 0. The van der Waals surface area contributed by atoms with E-state index in [9.17, 15) is 13.2 Å². The molecule has 0 saturated carbocycles. The fourth-order valence-electron chi connectivity index (χ4n) is 2.58. The summed E-state index contributed by atoms with van der Waals surface area (Å²) in [6.07, 6.45) is -0.696. The van der Waals surface area contributed by atoms with Crippen molar-refractivity contribution in [1.29, 1.82) is 0 Å². The first kappa shape index (κ1) is 16.5. The molecule has 1 aliphatic rings. The molecule has 3 heterocycles. The average molecular weight is 360 g/mol. The van der Waals surface area contributed by atoms with E-state index in [2.05, 4.69) is 20.1 Å². The maximum atomic E-state index is 12.7. The van der Waals surface area contributed by atoms with E-state index in [1.165, 1.54) is 11.8 Å². The highest BCUT2D eigenvalue weighted by Gasteiger charge is 2.35. The minimum Gasteiger partial charge on any atom is -0.354 e. The second kappa shape index (κ2) is 6.64. The van der Waals surface area contributed by atoms with Crippen molar-refractivity contribution in [3.63, 3.8) is 0 Å². The molecule has 0 aromatic carbocycles. The second-order valence-corrected chi connectivity index (χ2v) is 7.00. The monoisotopic (exact) mass is 360 g/mol. The molecule has 23 heavy (non-hydrogen) atoms. The minimum atomic E-state index is -4.37. The molecule has 0 spiro atoms. The molecule has 0 amide bonds. The summed E-state index contributed by atoms with van der Waals surface area (Å²) in [4.78, 5) is 5.86. The summed E-state index contributed by atoms with van der Waals surface area (Å²) in [6, 6.07) is 3.81. The summed E-state index contributed by atoms with van der Waals surface area (Å²) in [6.45, 7) is 1.46. The van der Waals surface area contributed by atoms with Crippen LogP contribution in [0.1, 0.15) is 29.5 Å². The van der Waals surface area contributed by atoms with Crippen molar-refractivity contribution in [1.82, 2.24) is 15.2 Å². The number of alkyl halides is 3. The van der Waals surface area contributed by atoms with Crippen molar-refractivity contribution < 1.29 is 13.2 Å². The van der Waals surface area contributed by atoms with E-state index in [-0.39, 0.29) is 5.92 Å². The lowest BCUT2D eigenvalue weighted by Crippen LogP contribution is -2.35. The zero-order valence-electron chi connectivity index (χ0n) is 12.4. The van der Waals surface area contributed by atoms with Crippen LogP contribution in [0.4, 0.5) is 19.0 Å². The molecule has 1 atom stereocenters. The molecule has 0 radical (unpaired) electrons. The number of nitrogens with zero attached hydrogens (tertiary/aromatic N) is 4. The Morgan fingerprint density at radius 1 is 1.30 bits per heavy atom. The van der Waals surface area contributed by atoms with Crippen LogP contribution in [0.15, 0.2) is 22.5 Å². The number of thiazole rings is 1. The molecule has 0 N–H and O–H groups in total. The van der Waals surface area contributed by atoms with E-state index in [1.54, 1.807) is 0 Å². The molecule has 1 fully saturated rings. The van der Waals surface area contributed by atoms with Gasteiger partial charge in [0.15, 0.2) is 11.5 Å². The maximum absolute atomic E-state index is 12.7. The molecule has 3 rings (SSSR count). The summed E-state index contributed by atoms with van der Waals surface area (Å²) in [5.41, 5.74) is -0.793. The predicted molar refractivity (Wildman–Crippen MR) is 85.1 cm³/mol. The van der Waals surface area contributed by atoms with Crippen LogP contribution in [0.2, 0.25) is 0 Å². The first-order chi connectivity index (χ1) is 11.0. The van der Waals surface area contributed by atoms with E-state index in [1.807, 2.05) is 18.4 Å². The number of thioether (sulfide) groups is 1. The minimum absolute atomic E-state index is 0.00637. The van der Waals surface area contributed by atoms with Gasteiger partial charge in [-0.2, -0.15) is 13.2 Å². The molecule has 1 saturated heterocycles. The van der Waals surface area contributed by atoms with Crippen LogP contribution in [0.5, 0.6) is 0 Å². The van der Waals surface area contributed by atoms with Gasteiger partial charge in [0.2, 0.25) is 0 Å². The fraction of sp³-hybridized carbons (Fsp3) is 0.500. The van der Waals surface area contributed by atoms with Gasteiger partial charge in [-0.1, -0.05) is 0 Å². The highest BCUT2D eigenvalue weighted by molar-refractivity contribution is 7.98. The maximum Gasteiger partial charge on any atom is 0.434 e. The topological polar surface area (TPSA) is 41.9 Å². The molecular weight excluding hydrogens is 345 g/mol. The third-order valence-corrected chi connectivity index (χ3v) is 5.39. The Labute approximate surface area is 140 Å². The van der Waals surface area contributed by atoms with E-state index in [0.717, 1.165) is 46.9 Å². The quantitative estimate of drug-likeness (QED) is 0.772. The Hall–Kier alpha value is -1.35. The molecule has 0 bridgehead atoms. The van der Waals surface area contributed by atoms with Crippen molar-refractivity contribution in [2.45, 2.75) is 30.0 Å². The van der Waals surface area contributed by atoms with Gasteiger partial charge in [0.25, 0.3) is 0 Å². The van der Waals surface area contributed by atoms with Crippen LogP contribution in [0.25, 0.3) is 0 Å². The van der Waals surface area contributed by atoms with E-state index >= 15 is 0 Å². The van der Waals surface area contributed by atoms with Crippen LogP contribution in [-0.4, -0.2) is 34.5 Å². The van der Waals surface area contributed by atoms with Crippen molar-refractivity contribution in [2.75, 3.05) is 24.2 Å². The number of aromatic nitrogens is 3. The first-order valence-corrected chi connectivity index (χ1v) is 9.23. The Balaban J connectivity index is 1.73. The fourth-order valence-corrected chi connectivity index (χ4v) is 3.86. The van der Waals surface area contributed by atoms with Gasteiger partial charge >= 0.3 is 6.18 Å². The molecule has 0 aliphatic carbocycles. The van der Waals surface area contributed by atoms with Gasteiger partial charge in [-0.15, -0.1) is 33.3 Å². The van der Waals surface area contributed by atoms with Gasteiger partial charge in [0.1, 0.15) is 5.03 Å². The van der Waals surface area contributed by atoms with Crippen LogP contribution in [0.3, 0.4) is 0 Å². The number of anilines is 1. The largest absolute Gasteiger partial charge is 0.434 e. The number of hydrogen-bond acceptors (Lipinski definition) is 6. The smallest absolute Gasteiger partial charge is 0.354 e. The lowest BCUT2D eigenvalue weighted by molar-refractivity contribution is -0.140. The highest BCUT2D eigenvalue weighted by atomic mass is 32.2. The first-order valence-electron chi connectivity index (χ1n) is 7.12. The molecular formula is C14H15F3N4S2. The summed E-state index contributed by atoms with van der Waals surface area (Å²) in [7, 11) is 0. The van der Waals surface area contributed by atoms with Gasteiger partial charge in [0.05, 0.1) is 5.01 Å². The zero-order valence-corrected chi connectivity index (χ0v) is 14.0. The summed E-state index contributed by atoms with van der Waals surface area (Å²) in [5, 5.41) is 10.8. The van der Waals surface area contributed by atoms with Crippen molar-refractivity contribution in [2.24, 2.45) is 0 Å². The van der Waals surface area contributed by atoms with Gasteiger partial charge < -0.3 is 4.90 Å². The van der Waals surface area contributed by atoms with Gasteiger partial charge in [-0.05, 0) is 31.2 Å². The average Bonchev–Trinajstić information content (AvgIpc) is 3.05. The normalized spacial score (nSPS) is 19.1. The van der Waals surface area contributed by atoms with Gasteiger partial charge in [-0.3, -0.25) is 0 Å². The molecule has 9 heteroatoms. The van der Waals surface area contributed by atoms with E-state index < -0.39 is 11.9 Å². The molecule has 1 aliphatic heterocycles. The van der Waals surface area contributed by atoms with Crippen molar-refractivity contribution in [3.05, 3.63) is 28.2 Å². The summed E-state index contributed by atoms with van der Waals surface area (Å²) >= 11 is 2.61. The molecule has 2 aromatic heterocycles. The standard InChI is InChI=1S/C14H15F3N4S2/c1-22-12-5-4-11(19-20-12)21-6-2-3-9(7-21)13-18-10(8-23-13)14(15,16)17/h4-5,8-9H,2-3,6-7H2,1H3. The van der Waals surface area contributed by atoms with Gasteiger partial charge in [0, 0.05) is 24.4 Å². The van der Waals surface area contributed by atoms with Crippen LogP contribution in [-0.2, 0) is 6.18 Å². The number of halogens is 3. The van der Waals surface area contributed by atoms with E-state index in [4.69, 9.17) is 0 Å². The Morgan fingerprint density at radius 3 is 2.74 bits per heavy atom. The molecule has 124 valence electrons. The molecule has 1 unspecified atom stereocenters. The lowest BCUT2D eigenvalue weighted by atomic mass is 9.99. The van der Waals surface area contributed by atoms with Crippen LogP contribution >= 0.6 is 23.1 Å². The summed E-state index contributed by atoms with van der Waals surface area (Å²) in [5.74, 6) is 0.770. The van der Waals surface area contributed by atoms with E-state index in [0.29, 0.717) is 11.6 Å². The van der Waals surface area contributed by atoms with Gasteiger partial charge in [-0.25, -0.2) is 4.98 Å². The Kier molecular flexibility index (Phi) is 4.77. The third kappa shape index (κ3) is 3.77. The zero-order chi connectivity index (χ0) is 16.4. The Morgan fingerprint density at radius 2 is 2.13 bits per heavy atom. The SMILES string of the molecule is CSc1ccc(N2CCCC(c3nc(C(F)(F)F)cs3)C2)nn1. The Bertz CT molecular complexity index is 657. The second-order valence-electron chi connectivity index (χ2n) is 5.29. The number of rotatable bonds is 3. The lowest BCUT2D eigenvalue weighted by Gasteiger charge is -2.32. The highest BCUT2D eigenvalue weighted by Crippen LogP contribution is 2.35. The molecule has 2 aromatic rings. The summed E-state index contributed by atoms with van der Waals surface area (Å²) < 4.78 is 38.1. The third-order valence-electron chi connectivity index (χ3n) is 3.74. The van der Waals surface area contributed by atoms with Crippen molar-refractivity contribution >= 4 is 28.9 Å².